The molecule has 0 bridgehead atoms. The molecule has 2 nitrogen and oxygen atoms in total. The second kappa shape index (κ2) is 4.50. The monoisotopic (exact) mass is 129 g/mol. The van der Waals surface area contributed by atoms with Crippen molar-refractivity contribution in [1.29, 1.82) is 0 Å². The van der Waals surface area contributed by atoms with E-state index in [9.17, 15) is 9.90 Å². The fourth-order valence-electron chi connectivity index (χ4n) is 0.522. The minimum Gasteiger partial charge on any atom is -0.297 e. The molecule has 0 rings (SSSR count). The Morgan fingerprint density at radius 1 is 1.44 bits per heavy atom. The Balaban J connectivity index is 3.17. The van der Waals surface area contributed by atoms with Gasteiger partial charge in [0.05, 0.1) is 0 Å². The summed E-state index contributed by atoms with van der Waals surface area (Å²) >= 11 is 0. The summed E-state index contributed by atoms with van der Waals surface area (Å²) in [7, 11) is 0. The highest BCUT2D eigenvalue weighted by Gasteiger charge is 2.00. The van der Waals surface area contributed by atoms with E-state index in [2.05, 4.69) is 0 Å². The fourth-order valence-corrected chi connectivity index (χ4v) is 0.522. The summed E-state index contributed by atoms with van der Waals surface area (Å²) in [5.74, 6) is 0.365. The average Bonchev–Trinajstić information content (AvgIpc) is 1.83. The standard InChI is InChI=1S/C7H13O2/c1-6(2)3-4-7(9)5-8/h6H,3-5H2,1-2H3. The van der Waals surface area contributed by atoms with Crippen LogP contribution in [0.2, 0.25) is 0 Å². The van der Waals surface area contributed by atoms with E-state index in [1.165, 1.54) is 0 Å². The molecule has 0 aliphatic rings. The Labute approximate surface area is 55.9 Å². The van der Waals surface area contributed by atoms with Crippen LogP contribution in [0.5, 0.6) is 0 Å². The van der Waals surface area contributed by atoms with E-state index in [0.717, 1.165) is 6.42 Å². The van der Waals surface area contributed by atoms with E-state index < -0.39 is 6.61 Å². The van der Waals surface area contributed by atoms with Crippen LogP contribution in [0.3, 0.4) is 0 Å². The number of rotatable bonds is 4. The van der Waals surface area contributed by atoms with Crippen LogP contribution in [0.4, 0.5) is 0 Å². The van der Waals surface area contributed by atoms with Crippen molar-refractivity contribution in [3.63, 3.8) is 0 Å². The molecule has 0 atom stereocenters. The van der Waals surface area contributed by atoms with Gasteiger partial charge in [-0.1, -0.05) is 13.8 Å². The zero-order chi connectivity index (χ0) is 7.28. The van der Waals surface area contributed by atoms with Crippen LogP contribution in [-0.4, -0.2) is 12.4 Å². The smallest absolute Gasteiger partial charge is 0.161 e. The lowest BCUT2D eigenvalue weighted by Gasteiger charge is -1.99. The van der Waals surface area contributed by atoms with Gasteiger partial charge in [0.2, 0.25) is 0 Å². The van der Waals surface area contributed by atoms with Crippen molar-refractivity contribution in [1.82, 2.24) is 0 Å². The number of hydrogen-bond acceptors (Lipinski definition) is 1. The summed E-state index contributed by atoms with van der Waals surface area (Å²) in [5.41, 5.74) is 0. The summed E-state index contributed by atoms with van der Waals surface area (Å²) in [6, 6.07) is 0. The van der Waals surface area contributed by atoms with Crippen LogP contribution in [0, 0.1) is 5.92 Å². The summed E-state index contributed by atoms with van der Waals surface area (Å²) in [6.07, 6.45) is 1.31. The van der Waals surface area contributed by atoms with Gasteiger partial charge in [0.25, 0.3) is 0 Å². The van der Waals surface area contributed by atoms with Gasteiger partial charge in [-0.25, -0.2) is 5.11 Å². The van der Waals surface area contributed by atoms with Gasteiger partial charge in [0, 0.05) is 6.42 Å². The Morgan fingerprint density at radius 2 is 2.00 bits per heavy atom. The maximum Gasteiger partial charge on any atom is 0.161 e. The van der Waals surface area contributed by atoms with E-state index in [1.54, 1.807) is 0 Å². The molecule has 0 spiro atoms. The number of ketones is 1. The lowest BCUT2D eigenvalue weighted by atomic mass is 10.1. The lowest BCUT2D eigenvalue weighted by Crippen LogP contribution is -2.03. The summed E-state index contributed by atoms with van der Waals surface area (Å²) in [4.78, 5) is 10.4. The molecule has 0 aliphatic carbocycles. The minimum absolute atomic E-state index is 0.163. The summed E-state index contributed by atoms with van der Waals surface area (Å²) in [5, 5.41) is 9.89. The molecular formula is C7H13O2. The van der Waals surface area contributed by atoms with E-state index in [4.69, 9.17) is 0 Å². The molecule has 0 N–H and O–H groups in total. The third-order valence-electron chi connectivity index (χ3n) is 1.16. The minimum atomic E-state index is -0.549. The van der Waals surface area contributed by atoms with Gasteiger partial charge in [-0.05, 0) is 12.3 Å². The Bertz CT molecular complexity index is 86.9. The van der Waals surface area contributed by atoms with Crippen LogP contribution >= 0.6 is 0 Å². The van der Waals surface area contributed by atoms with Crippen molar-refractivity contribution in [3.05, 3.63) is 0 Å². The van der Waals surface area contributed by atoms with E-state index in [-0.39, 0.29) is 5.78 Å². The third kappa shape index (κ3) is 5.50. The molecule has 0 aromatic heterocycles. The largest absolute Gasteiger partial charge is 0.297 e. The van der Waals surface area contributed by atoms with E-state index in [1.807, 2.05) is 13.8 Å². The van der Waals surface area contributed by atoms with Gasteiger partial charge in [0.1, 0.15) is 6.61 Å². The third-order valence-corrected chi connectivity index (χ3v) is 1.16. The van der Waals surface area contributed by atoms with Crippen molar-refractivity contribution >= 4 is 5.78 Å². The molecule has 0 aromatic rings. The van der Waals surface area contributed by atoms with Gasteiger partial charge in [-0.3, -0.25) is 4.79 Å². The van der Waals surface area contributed by atoms with Gasteiger partial charge < -0.3 is 0 Å². The Hall–Kier alpha value is -0.370. The number of hydrogen-bond donors (Lipinski definition) is 0. The lowest BCUT2D eigenvalue weighted by molar-refractivity contribution is -0.123. The van der Waals surface area contributed by atoms with Gasteiger partial charge in [-0.15, -0.1) is 0 Å². The van der Waals surface area contributed by atoms with Crippen molar-refractivity contribution < 1.29 is 9.90 Å². The second-order valence-electron chi connectivity index (χ2n) is 2.62. The zero-order valence-electron chi connectivity index (χ0n) is 6.02. The van der Waals surface area contributed by atoms with Crippen LogP contribution in [0.25, 0.3) is 0 Å². The molecule has 0 saturated carbocycles. The van der Waals surface area contributed by atoms with Crippen molar-refractivity contribution in [2.45, 2.75) is 26.7 Å². The first-order valence-corrected chi connectivity index (χ1v) is 3.26. The topological polar surface area (TPSA) is 37.0 Å². The molecule has 0 aliphatic heterocycles. The molecule has 0 heterocycles. The van der Waals surface area contributed by atoms with Gasteiger partial charge in [-0.2, -0.15) is 0 Å². The number of carbonyl (C=O) groups excluding carboxylic acids is 1. The molecule has 53 valence electrons. The van der Waals surface area contributed by atoms with Crippen LogP contribution in [0.1, 0.15) is 26.7 Å². The Morgan fingerprint density at radius 3 is 2.33 bits per heavy atom. The number of carbonyl (C=O) groups is 1. The SMILES string of the molecule is CC(C)CCC(=O)C[O]. The van der Waals surface area contributed by atoms with Crippen molar-refractivity contribution in [2.24, 2.45) is 5.92 Å². The van der Waals surface area contributed by atoms with Gasteiger partial charge in [0.15, 0.2) is 5.78 Å². The predicted molar refractivity (Wildman–Crippen MR) is 34.6 cm³/mol. The molecule has 0 saturated heterocycles. The predicted octanol–water partition coefficient (Wildman–Crippen LogP) is 1.42. The van der Waals surface area contributed by atoms with Crippen LogP contribution < -0.4 is 0 Å². The summed E-state index contributed by atoms with van der Waals surface area (Å²) < 4.78 is 0. The molecule has 0 amide bonds. The first kappa shape index (κ1) is 8.63. The molecule has 0 fully saturated rings. The van der Waals surface area contributed by atoms with Crippen molar-refractivity contribution in [3.8, 4) is 0 Å². The van der Waals surface area contributed by atoms with Crippen molar-refractivity contribution in [2.75, 3.05) is 6.61 Å². The fraction of sp³-hybridized carbons (Fsp3) is 0.857. The molecule has 2 heteroatoms. The maximum atomic E-state index is 10.4. The molecule has 9 heavy (non-hydrogen) atoms. The van der Waals surface area contributed by atoms with E-state index in [0.29, 0.717) is 12.3 Å². The highest BCUT2D eigenvalue weighted by molar-refractivity contribution is 5.79. The molecule has 0 unspecified atom stereocenters. The highest BCUT2D eigenvalue weighted by Crippen LogP contribution is 2.02. The first-order chi connectivity index (χ1) is 4.16. The van der Waals surface area contributed by atoms with Crippen LogP contribution in [-0.2, 0) is 9.90 Å². The maximum absolute atomic E-state index is 10.4. The summed E-state index contributed by atoms with van der Waals surface area (Å²) in [6.45, 7) is 3.53. The quantitative estimate of drug-likeness (QED) is 0.565. The first-order valence-electron chi connectivity index (χ1n) is 3.26. The van der Waals surface area contributed by atoms with Crippen LogP contribution in [0.15, 0.2) is 0 Å². The Kier molecular flexibility index (Phi) is 4.32. The normalized spacial score (nSPS) is 10.2. The highest BCUT2D eigenvalue weighted by atomic mass is 16.3. The molecular weight excluding hydrogens is 116 g/mol. The van der Waals surface area contributed by atoms with E-state index >= 15 is 0 Å². The number of Topliss-reactive ketones (excluding diaryl/α,β-unsaturated/α-hetero) is 1. The average molecular weight is 129 g/mol. The van der Waals surface area contributed by atoms with Gasteiger partial charge >= 0.3 is 0 Å². The molecule has 0 aromatic carbocycles. The zero-order valence-corrected chi connectivity index (χ0v) is 6.02. The second-order valence-corrected chi connectivity index (χ2v) is 2.62. The molecule has 1 radical (unpaired) electrons.